The molecule has 2 unspecified atom stereocenters. The first-order valence-electron chi connectivity index (χ1n) is 10.8. The van der Waals surface area contributed by atoms with E-state index in [1.807, 2.05) is 25.1 Å². The van der Waals surface area contributed by atoms with Crippen LogP contribution in [0.5, 0.6) is 5.75 Å². The minimum atomic E-state index is -0.586. The molecule has 1 amide bonds. The van der Waals surface area contributed by atoms with E-state index in [0.717, 1.165) is 11.1 Å². The second-order valence-corrected chi connectivity index (χ2v) is 8.76. The minimum Gasteiger partial charge on any atom is -0.508 e. The van der Waals surface area contributed by atoms with Crippen LogP contribution in [0.3, 0.4) is 0 Å². The summed E-state index contributed by atoms with van der Waals surface area (Å²) < 4.78 is 5.86. The SMILES string of the molecule is Cc1ccc(O)c(C2CC(C(=O)Nc3c(C(=O)c4ccc(Cl)cc4)oc4ccccc34)NN2)c1. The molecule has 1 saturated heterocycles. The van der Waals surface area contributed by atoms with Crippen molar-refractivity contribution in [1.82, 2.24) is 10.9 Å². The molecule has 4 N–H and O–H groups in total. The fourth-order valence-electron chi connectivity index (χ4n) is 4.16. The number of para-hydroxylation sites is 1. The number of rotatable bonds is 5. The summed E-state index contributed by atoms with van der Waals surface area (Å²) in [5.74, 6) is -0.458. The molecular weight excluding hydrogens is 454 g/mol. The zero-order valence-electron chi connectivity index (χ0n) is 18.3. The number of ketones is 1. The predicted molar refractivity (Wildman–Crippen MR) is 130 cm³/mol. The highest BCUT2D eigenvalue weighted by atomic mass is 35.5. The fraction of sp³-hybridized carbons (Fsp3) is 0.154. The van der Waals surface area contributed by atoms with Crippen LogP contribution in [0, 0.1) is 6.92 Å². The van der Waals surface area contributed by atoms with E-state index in [0.29, 0.717) is 33.7 Å². The van der Waals surface area contributed by atoms with Gasteiger partial charge in [-0.15, -0.1) is 0 Å². The number of aromatic hydroxyl groups is 1. The maximum absolute atomic E-state index is 13.2. The van der Waals surface area contributed by atoms with Gasteiger partial charge in [-0.25, -0.2) is 10.9 Å². The van der Waals surface area contributed by atoms with Crippen LogP contribution >= 0.6 is 11.6 Å². The number of hydrogen-bond acceptors (Lipinski definition) is 6. The summed E-state index contributed by atoms with van der Waals surface area (Å²) in [4.78, 5) is 26.4. The number of nitrogens with one attached hydrogen (secondary N) is 3. The molecule has 5 rings (SSSR count). The molecule has 0 radical (unpaired) electrons. The average molecular weight is 476 g/mol. The Labute approximate surface area is 200 Å². The third-order valence-corrected chi connectivity index (χ3v) is 6.19. The Morgan fingerprint density at radius 3 is 2.62 bits per heavy atom. The van der Waals surface area contributed by atoms with Crippen molar-refractivity contribution in [1.29, 1.82) is 0 Å². The molecule has 8 heteroatoms. The van der Waals surface area contributed by atoms with Crippen molar-refractivity contribution in [3.8, 4) is 5.75 Å². The maximum atomic E-state index is 13.2. The molecule has 4 aromatic rings. The van der Waals surface area contributed by atoms with Crippen LogP contribution in [-0.4, -0.2) is 22.8 Å². The van der Waals surface area contributed by atoms with Crippen LogP contribution in [0.2, 0.25) is 5.02 Å². The summed E-state index contributed by atoms with van der Waals surface area (Å²) >= 11 is 5.95. The zero-order valence-corrected chi connectivity index (χ0v) is 19.0. The minimum absolute atomic E-state index is 0.0516. The molecule has 3 aromatic carbocycles. The summed E-state index contributed by atoms with van der Waals surface area (Å²) in [7, 11) is 0. The fourth-order valence-corrected chi connectivity index (χ4v) is 4.28. The van der Waals surface area contributed by atoms with E-state index in [1.165, 1.54) is 0 Å². The Morgan fingerprint density at radius 2 is 1.82 bits per heavy atom. The molecule has 34 heavy (non-hydrogen) atoms. The van der Waals surface area contributed by atoms with Gasteiger partial charge in [-0.3, -0.25) is 9.59 Å². The lowest BCUT2D eigenvalue weighted by Crippen LogP contribution is -2.39. The first kappa shape index (κ1) is 22.2. The van der Waals surface area contributed by atoms with Gasteiger partial charge in [0, 0.05) is 21.5 Å². The number of anilines is 1. The molecule has 1 aliphatic heterocycles. The third-order valence-electron chi connectivity index (χ3n) is 5.93. The molecule has 0 spiro atoms. The van der Waals surface area contributed by atoms with Crippen molar-refractivity contribution in [2.75, 3.05) is 5.32 Å². The van der Waals surface area contributed by atoms with Crippen molar-refractivity contribution < 1.29 is 19.1 Å². The first-order valence-corrected chi connectivity index (χ1v) is 11.2. The standard InChI is InChI=1S/C26H22ClN3O4/c1-14-6-11-21(31)18(12-14)19-13-20(30-29-19)26(33)28-23-17-4-2-3-5-22(17)34-25(23)24(32)15-7-9-16(27)10-8-15/h2-12,19-20,29-31H,13H2,1H3,(H,28,33). The molecule has 0 aliphatic carbocycles. The number of halogens is 1. The molecule has 0 bridgehead atoms. The smallest absolute Gasteiger partial charge is 0.243 e. The number of phenolic OH excluding ortho intramolecular Hbond substituents is 1. The zero-order chi connectivity index (χ0) is 23.8. The molecule has 2 heterocycles. The molecule has 7 nitrogen and oxygen atoms in total. The molecule has 1 aromatic heterocycles. The molecule has 0 saturated carbocycles. The third kappa shape index (κ3) is 4.17. The normalized spacial score (nSPS) is 17.7. The van der Waals surface area contributed by atoms with Gasteiger partial charge in [-0.2, -0.15) is 0 Å². The van der Waals surface area contributed by atoms with Gasteiger partial charge in [0.15, 0.2) is 5.76 Å². The first-order chi connectivity index (χ1) is 16.4. The van der Waals surface area contributed by atoms with Crippen molar-refractivity contribution in [3.05, 3.63) is 94.2 Å². The monoisotopic (exact) mass is 475 g/mol. The number of amides is 1. The van der Waals surface area contributed by atoms with Gasteiger partial charge in [0.2, 0.25) is 11.7 Å². The number of aryl methyl sites for hydroxylation is 1. The average Bonchev–Trinajstić information content (AvgIpc) is 3.46. The molecule has 172 valence electrons. The number of carbonyl (C=O) groups excluding carboxylic acids is 2. The highest BCUT2D eigenvalue weighted by Gasteiger charge is 2.33. The molecule has 1 aliphatic rings. The Morgan fingerprint density at radius 1 is 1.06 bits per heavy atom. The van der Waals surface area contributed by atoms with E-state index in [4.69, 9.17) is 16.0 Å². The number of carbonyl (C=O) groups is 2. The van der Waals surface area contributed by atoms with Crippen molar-refractivity contribution in [3.63, 3.8) is 0 Å². The van der Waals surface area contributed by atoms with Crippen LogP contribution in [-0.2, 0) is 4.79 Å². The Bertz CT molecular complexity index is 1400. The maximum Gasteiger partial charge on any atom is 0.243 e. The summed E-state index contributed by atoms with van der Waals surface area (Å²) in [5.41, 5.74) is 9.03. The Balaban J connectivity index is 1.42. The van der Waals surface area contributed by atoms with E-state index < -0.39 is 6.04 Å². The van der Waals surface area contributed by atoms with Crippen LogP contribution < -0.4 is 16.2 Å². The van der Waals surface area contributed by atoms with E-state index in [2.05, 4.69) is 16.2 Å². The number of fused-ring (bicyclic) bond motifs is 1. The topological polar surface area (TPSA) is 104 Å². The molecular formula is C26H22ClN3O4. The van der Waals surface area contributed by atoms with E-state index in [-0.39, 0.29) is 29.2 Å². The lowest BCUT2D eigenvalue weighted by atomic mass is 9.99. The van der Waals surface area contributed by atoms with Crippen LogP contribution in [0.4, 0.5) is 5.69 Å². The number of phenols is 1. The van der Waals surface area contributed by atoms with Crippen molar-refractivity contribution >= 4 is 39.9 Å². The number of benzene rings is 3. The van der Waals surface area contributed by atoms with Gasteiger partial charge in [0.25, 0.3) is 0 Å². The number of hydrogen-bond donors (Lipinski definition) is 4. The number of hydrazine groups is 1. The van der Waals surface area contributed by atoms with Gasteiger partial charge in [-0.1, -0.05) is 41.4 Å². The highest BCUT2D eigenvalue weighted by molar-refractivity contribution is 6.30. The summed E-state index contributed by atoms with van der Waals surface area (Å²) in [6.45, 7) is 1.94. The summed E-state index contributed by atoms with van der Waals surface area (Å²) in [5, 5.41) is 14.3. The molecule has 1 fully saturated rings. The lowest BCUT2D eigenvalue weighted by Gasteiger charge is -2.13. The highest BCUT2D eigenvalue weighted by Crippen LogP contribution is 2.34. The van der Waals surface area contributed by atoms with Crippen molar-refractivity contribution in [2.45, 2.75) is 25.4 Å². The van der Waals surface area contributed by atoms with Gasteiger partial charge in [0.05, 0.1) is 11.7 Å². The summed E-state index contributed by atoms with van der Waals surface area (Å²) in [6.07, 6.45) is 0.416. The largest absolute Gasteiger partial charge is 0.508 e. The van der Waals surface area contributed by atoms with Crippen LogP contribution in [0.15, 0.2) is 71.1 Å². The summed E-state index contributed by atoms with van der Waals surface area (Å²) in [6, 6.07) is 18.2. The lowest BCUT2D eigenvalue weighted by molar-refractivity contribution is -0.117. The van der Waals surface area contributed by atoms with Crippen LogP contribution in [0.25, 0.3) is 11.0 Å². The van der Waals surface area contributed by atoms with E-state index in [1.54, 1.807) is 48.5 Å². The predicted octanol–water partition coefficient (Wildman–Crippen LogP) is 4.88. The van der Waals surface area contributed by atoms with Crippen molar-refractivity contribution in [2.24, 2.45) is 0 Å². The van der Waals surface area contributed by atoms with E-state index in [9.17, 15) is 14.7 Å². The Kier molecular flexibility index (Phi) is 5.83. The second kappa shape index (κ2) is 8.95. The molecule has 2 atom stereocenters. The van der Waals surface area contributed by atoms with E-state index >= 15 is 0 Å². The van der Waals surface area contributed by atoms with Crippen LogP contribution in [0.1, 0.15) is 39.7 Å². The van der Waals surface area contributed by atoms with Gasteiger partial charge in [0.1, 0.15) is 17.4 Å². The Hall–Kier alpha value is -3.65. The second-order valence-electron chi connectivity index (χ2n) is 8.32. The van der Waals surface area contributed by atoms with Gasteiger partial charge in [-0.05, 0) is 55.8 Å². The quantitative estimate of drug-likeness (QED) is 0.307. The van der Waals surface area contributed by atoms with Gasteiger partial charge < -0.3 is 14.8 Å². The number of furan rings is 1. The van der Waals surface area contributed by atoms with Gasteiger partial charge >= 0.3 is 0 Å².